The third-order valence-corrected chi connectivity index (χ3v) is 12.8. The Kier molecular flexibility index (Phi) is 18.0. The maximum atomic E-state index is 13.8. The fraction of sp³-hybridized carbons (Fsp3) is 0.531. The van der Waals surface area contributed by atoms with E-state index in [0.717, 1.165) is 81.8 Å². The van der Waals surface area contributed by atoms with Gasteiger partial charge in [-0.1, -0.05) is 39.7 Å². The van der Waals surface area contributed by atoms with Crippen LogP contribution in [0, 0.1) is 29.1 Å². The minimum Gasteiger partial charge on any atom is -0.467 e. The monoisotopic (exact) mass is 910 g/mol. The summed E-state index contributed by atoms with van der Waals surface area (Å²) < 4.78 is 13.2. The first-order valence-corrected chi connectivity index (χ1v) is 23.2. The molecule has 65 heavy (non-hydrogen) atoms. The number of pyridine rings is 1. The second-order valence-corrected chi connectivity index (χ2v) is 19.1. The predicted octanol–water partition coefficient (Wildman–Crippen LogP) is 5.61. The molecule has 0 aliphatic carbocycles. The maximum Gasteiger partial charge on any atom is 0.298 e. The number of aldehydes is 1. The average Bonchev–Trinajstić information content (AvgIpc) is 4.03. The zero-order chi connectivity index (χ0) is 47.4. The first kappa shape index (κ1) is 50.5. The fourth-order valence-electron chi connectivity index (χ4n) is 8.68. The number of nitrogens with one attached hydrogen (secondary N) is 2. The topological polar surface area (TPSA) is 168 Å². The lowest BCUT2D eigenvalue weighted by molar-refractivity contribution is -0.141. The van der Waals surface area contributed by atoms with Gasteiger partial charge in [-0.05, 0) is 95.3 Å². The van der Waals surface area contributed by atoms with E-state index >= 15 is 0 Å². The van der Waals surface area contributed by atoms with Gasteiger partial charge in [0.2, 0.25) is 5.91 Å². The van der Waals surface area contributed by atoms with Crippen molar-refractivity contribution in [3.63, 3.8) is 0 Å². The maximum absolute atomic E-state index is 13.8. The molecule has 0 saturated carbocycles. The summed E-state index contributed by atoms with van der Waals surface area (Å²) in [5.74, 6) is 4.59. The van der Waals surface area contributed by atoms with Crippen molar-refractivity contribution in [2.45, 2.75) is 91.8 Å². The number of aryl methyl sites for hydroxylation is 1. The molecule has 4 unspecified atom stereocenters. The molecule has 5 heterocycles. The number of nitrogens with zero attached hydrogens (tertiary/aromatic N) is 6. The molecule has 3 amide bonds. The van der Waals surface area contributed by atoms with Crippen LogP contribution in [-0.4, -0.2) is 126 Å². The molecule has 0 spiro atoms. The lowest BCUT2D eigenvalue weighted by atomic mass is 9.84. The van der Waals surface area contributed by atoms with Crippen molar-refractivity contribution >= 4 is 52.7 Å². The molecule has 2 N–H and O–H groups in total. The number of benzene rings is 1. The summed E-state index contributed by atoms with van der Waals surface area (Å²) in [6, 6.07) is 9.24. The van der Waals surface area contributed by atoms with Gasteiger partial charge in [-0.15, -0.1) is 11.3 Å². The van der Waals surface area contributed by atoms with Crippen molar-refractivity contribution in [3.8, 4) is 34.4 Å². The Labute approximate surface area is 387 Å². The number of hydrogen-bond donors (Lipinski definition) is 2. The summed E-state index contributed by atoms with van der Waals surface area (Å²) in [5, 5.41) is 8.57. The Hall–Kier alpha value is -5.47. The van der Waals surface area contributed by atoms with Gasteiger partial charge in [0, 0.05) is 91.7 Å². The molecule has 3 aromatic heterocycles. The number of hydrazine groups is 1. The third kappa shape index (κ3) is 12.7. The van der Waals surface area contributed by atoms with Gasteiger partial charge in [-0.25, -0.2) is 10.4 Å². The zero-order valence-electron chi connectivity index (χ0n) is 39.6. The number of rotatable bonds is 17. The SMILES string of the molecule is CC#CC(=O)N1CCC(C=O)C1.COC(C)c1ncccc1-c1c(CC(C)(C)COC=O)c2cc(-c3csc(CC(NC(=O)C(C(C)C)N(C)C)C(=O)N4CCCCN4)n3)ccc2n1C. The molecule has 0 bridgehead atoms. The quantitative estimate of drug-likeness (QED) is 0.0999. The Bertz CT molecular complexity index is 2350. The van der Waals surface area contributed by atoms with Crippen LogP contribution in [0.5, 0.6) is 0 Å². The van der Waals surface area contributed by atoms with Crippen LogP contribution < -0.4 is 10.7 Å². The van der Waals surface area contributed by atoms with E-state index in [9.17, 15) is 24.0 Å². The molecule has 1 aromatic carbocycles. The number of methoxy groups -OCH3 is 1. The van der Waals surface area contributed by atoms with Gasteiger partial charge in [-0.2, -0.15) is 0 Å². The van der Waals surface area contributed by atoms with Gasteiger partial charge in [-0.3, -0.25) is 34.1 Å². The van der Waals surface area contributed by atoms with Crippen molar-refractivity contribution < 1.29 is 33.4 Å². The minimum atomic E-state index is -0.766. The van der Waals surface area contributed by atoms with Gasteiger partial charge in [0.25, 0.3) is 18.3 Å². The molecule has 6 rings (SSSR count). The average molecular weight is 911 g/mol. The molecule has 15 nitrogen and oxygen atoms in total. The van der Waals surface area contributed by atoms with E-state index in [1.807, 2.05) is 51.2 Å². The van der Waals surface area contributed by atoms with Crippen LogP contribution in [0.15, 0.2) is 41.9 Å². The van der Waals surface area contributed by atoms with Crippen molar-refractivity contribution in [2.24, 2.45) is 24.3 Å². The second-order valence-electron chi connectivity index (χ2n) is 18.1. The van der Waals surface area contributed by atoms with E-state index in [1.54, 1.807) is 30.1 Å². The number of likely N-dealkylation sites (N-methyl/N-ethyl adjacent to an activating group) is 1. The van der Waals surface area contributed by atoms with E-state index < -0.39 is 6.04 Å². The lowest BCUT2D eigenvalue weighted by Gasteiger charge is -2.33. The summed E-state index contributed by atoms with van der Waals surface area (Å²) >= 11 is 1.49. The number of carbonyl (C=O) groups excluding carboxylic acids is 5. The van der Waals surface area contributed by atoms with Crippen LogP contribution in [0.4, 0.5) is 0 Å². The molecule has 2 saturated heterocycles. The Morgan fingerprint density at radius 2 is 1.89 bits per heavy atom. The highest BCUT2D eigenvalue weighted by Crippen LogP contribution is 2.41. The molecule has 4 atom stereocenters. The molecule has 4 aromatic rings. The minimum absolute atomic E-state index is 0.0209. The molecule has 16 heteroatoms. The highest BCUT2D eigenvalue weighted by atomic mass is 32.1. The molecule has 2 aliphatic heterocycles. The Morgan fingerprint density at radius 3 is 2.52 bits per heavy atom. The van der Waals surface area contributed by atoms with Crippen molar-refractivity contribution in [1.82, 2.24) is 40.1 Å². The van der Waals surface area contributed by atoms with E-state index in [2.05, 4.69) is 72.3 Å². The number of likely N-dealkylation sites (tertiary alicyclic amines) is 1. The number of aromatic nitrogens is 3. The molecular weight excluding hydrogens is 845 g/mol. The van der Waals surface area contributed by atoms with Crippen LogP contribution in [0.3, 0.4) is 0 Å². The van der Waals surface area contributed by atoms with Crippen LogP contribution in [0.25, 0.3) is 33.4 Å². The van der Waals surface area contributed by atoms with Crippen molar-refractivity contribution in [1.29, 1.82) is 0 Å². The van der Waals surface area contributed by atoms with Gasteiger partial charge in [0.05, 0.1) is 40.8 Å². The molecule has 0 radical (unpaired) electrons. The summed E-state index contributed by atoms with van der Waals surface area (Å²) in [6.45, 7) is 15.1. The second kappa shape index (κ2) is 23.1. The number of fused-ring (bicyclic) bond motifs is 1. The van der Waals surface area contributed by atoms with Crippen LogP contribution in [0.2, 0.25) is 0 Å². The normalized spacial score (nSPS) is 16.6. The summed E-state index contributed by atoms with van der Waals surface area (Å²) in [5.41, 5.74) is 9.60. The first-order chi connectivity index (χ1) is 31.0. The molecule has 350 valence electrons. The first-order valence-electron chi connectivity index (χ1n) is 22.3. The Morgan fingerprint density at radius 1 is 1.12 bits per heavy atom. The van der Waals surface area contributed by atoms with Gasteiger partial charge in [0.1, 0.15) is 12.3 Å². The van der Waals surface area contributed by atoms with Gasteiger partial charge in [0.15, 0.2) is 0 Å². The lowest BCUT2D eigenvalue weighted by Crippen LogP contribution is -2.58. The van der Waals surface area contributed by atoms with E-state index in [0.29, 0.717) is 32.5 Å². The largest absolute Gasteiger partial charge is 0.467 e. The highest BCUT2D eigenvalue weighted by Gasteiger charge is 2.33. The summed E-state index contributed by atoms with van der Waals surface area (Å²) in [4.78, 5) is 73.4. The highest BCUT2D eigenvalue weighted by molar-refractivity contribution is 7.10. The summed E-state index contributed by atoms with van der Waals surface area (Å²) in [6.07, 6.45) is 6.07. The molecule has 2 fully saturated rings. The predicted molar refractivity (Wildman–Crippen MR) is 253 cm³/mol. The standard InChI is InChI=1S/C40H55N7O5S.C9H11NO2/c1-25(2)36(45(6)7)38(49)44-31(39(50)47-18-11-10-17-42-47)20-34-43-32(22-53-34)27-14-15-33-29(19-27)30(21-40(4,5)23-52-24-48)37(46(33)8)28-13-12-16-41-35(28)26(3)51-9;1-2-3-9(12)10-5-4-8(6-10)7-11/h12-16,19,22,24-26,31,36,42H,10-11,17-18,20-21,23H2,1-9H3,(H,44,49);7-8H,4-6H2,1H3. The zero-order valence-corrected chi connectivity index (χ0v) is 40.4. The van der Waals surface area contributed by atoms with Gasteiger partial charge < -0.3 is 29.1 Å². The Balaban J connectivity index is 0.000000572. The third-order valence-electron chi connectivity index (χ3n) is 11.9. The number of ether oxygens (including phenoxy) is 2. The molecular formula is C49H66N8O7S. The van der Waals surface area contributed by atoms with Crippen LogP contribution in [0.1, 0.15) is 83.2 Å². The fourth-order valence-corrected chi connectivity index (χ4v) is 9.53. The molecule has 2 aliphatic rings. The van der Waals surface area contributed by atoms with Crippen LogP contribution >= 0.6 is 11.3 Å². The smallest absolute Gasteiger partial charge is 0.298 e. The number of hydrogen-bond acceptors (Lipinski definition) is 12. The van der Waals surface area contributed by atoms with Crippen molar-refractivity contribution in [3.05, 3.63) is 58.2 Å². The number of amides is 3. The van der Waals surface area contributed by atoms with Crippen molar-refractivity contribution in [2.75, 3.05) is 54.0 Å². The van der Waals surface area contributed by atoms with E-state index in [1.165, 1.54) is 11.3 Å². The van der Waals surface area contributed by atoms with Crippen LogP contribution in [-0.2, 0) is 53.3 Å². The number of thiazole rings is 1. The van der Waals surface area contributed by atoms with E-state index in [4.69, 9.17) is 19.4 Å². The number of carbonyl (C=O) groups is 5. The van der Waals surface area contributed by atoms with Gasteiger partial charge >= 0.3 is 0 Å². The van der Waals surface area contributed by atoms with E-state index in [-0.39, 0.29) is 60.1 Å². The summed E-state index contributed by atoms with van der Waals surface area (Å²) in [7, 11) is 7.51.